The van der Waals surface area contributed by atoms with Crippen LogP contribution in [-0.4, -0.2) is 39.5 Å². The molecule has 7 heteroatoms. The van der Waals surface area contributed by atoms with Gasteiger partial charge in [0.05, 0.1) is 0 Å². The summed E-state index contributed by atoms with van der Waals surface area (Å²) in [6, 6.07) is 11.9. The number of nitrogens with one attached hydrogen (secondary N) is 1. The number of anilines is 1. The molecule has 0 aliphatic carbocycles. The number of amides is 2. The van der Waals surface area contributed by atoms with Gasteiger partial charge < -0.3 is 19.3 Å². The number of carbonyl (C=O) groups excluding carboxylic acids is 2. The van der Waals surface area contributed by atoms with Gasteiger partial charge in [0, 0.05) is 49.8 Å². The van der Waals surface area contributed by atoms with E-state index in [1.54, 1.807) is 13.0 Å². The van der Waals surface area contributed by atoms with Crippen LogP contribution >= 0.6 is 0 Å². The number of hydrogen-bond donors (Lipinski definition) is 1. The van der Waals surface area contributed by atoms with Gasteiger partial charge >= 0.3 is 0 Å². The van der Waals surface area contributed by atoms with Gasteiger partial charge in [-0.15, -0.1) is 0 Å². The summed E-state index contributed by atoms with van der Waals surface area (Å²) in [6.07, 6.45) is 3.83. The number of benzene rings is 1. The monoisotopic (exact) mass is 380 g/mol. The van der Waals surface area contributed by atoms with Crippen LogP contribution in [0.25, 0.3) is 10.9 Å². The second-order valence-corrected chi connectivity index (χ2v) is 7.29. The van der Waals surface area contributed by atoms with E-state index in [-0.39, 0.29) is 17.7 Å². The van der Waals surface area contributed by atoms with E-state index >= 15 is 0 Å². The van der Waals surface area contributed by atoms with Crippen LogP contribution < -0.4 is 5.32 Å². The summed E-state index contributed by atoms with van der Waals surface area (Å²) < 4.78 is 7.08. The Morgan fingerprint density at radius 2 is 2.00 bits per heavy atom. The van der Waals surface area contributed by atoms with Crippen molar-refractivity contribution >= 4 is 28.5 Å². The number of carbonyl (C=O) groups is 2. The molecule has 28 heavy (non-hydrogen) atoms. The molecule has 3 heterocycles. The van der Waals surface area contributed by atoms with Crippen molar-refractivity contribution in [1.82, 2.24) is 14.6 Å². The van der Waals surface area contributed by atoms with Gasteiger partial charge in [-0.05, 0) is 37.3 Å². The van der Waals surface area contributed by atoms with Crippen LogP contribution in [0, 0.1) is 12.8 Å². The zero-order valence-electron chi connectivity index (χ0n) is 15.9. The van der Waals surface area contributed by atoms with E-state index in [2.05, 4.69) is 33.2 Å². The van der Waals surface area contributed by atoms with Crippen LogP contribution in [0.2, 0.25) is 0 Å². The minimum absolute atomic E-state index is 0.0563. The van der Waals surface area contributed by atoms with Crippen molar-refractivity contribution in [2.75, 3.05) is 18.4 Å². The quantitative estimate of drug-likeness (QED) is 0.737. The normalized spacial score (nSPS) is 15.1. The zero-order valence-corrected chi connectivity index (χ0v) is 15.9. The maximum Gasteiger partial charge on any atom is 0.228 e. The Kier molecular flexibility index (Phi) is 5.14. The van der Waals surface area contributed by atoms with Crippen molar-refractivity contribution in [1.29, 1.82) is 0 Å². The maximum atomic E-state index is 12.6. The smallest absolute Gasteiger partial charge is 0.228 e. The molecule has 1 saturated heterocycles. The highest BCUT2D eigenvalue weighted by atomic mass is 16.5. The Bertz CT molecular complexity index is 982. The van der Waals surface area contributed by atoms with Gasteiger partial charge in [0.1, 0.15) is 5.76 Å². The van der Waals surface area contributed by atoms with Gasteiger partial charge in [0.15, 0.2) is 5.82 Å². The van der Waals surface area contributed by atoms with Crippen molar-refractivity contribution in [3.8, 4) is 0 Å². The third kappa shape index (κ3) is 3.93. The second-order valence-electron chi connectivity index (χ2n) is 7.29. The van der Waals surface area contributed by atoms with Crippen molar-refractivity contribution in [2.24, 2.45) is 5.92 Å². The first-order valence-corrected chi connectivity index (χ1v) is 9.66. The van der Waals surface area contributed by atoms with Crippen molar-refractivity contribution in [3.05, 3.63) is 48.4 Å². The molecule has 7 nitrogen and oxygen atoms in total. The van der Waals surface area contributed by atoms with Gasteiger partial charge in [-0.1, -0.05) is 23.4 Å². The lowest BCUT2D eigenvalue weighted by molar-refractivity contribution is -0.134. The number of fused-ring (bicyclic) bond motifs is 1. The van der Waals surface area contributed by atoms with E-state index in [0.717, 1.165) is 5.52 Å². The van der Waals surface area contributed by atoms with Gasteiger partial charge in [0.2, 0.25) is 11.8 Å². The lowest BCUT2D eigenvalue weighted by Crippen LogP contribution is -2.41. The van der Waals surface area contributed by atoms with Crippen LogP contribution in [0.3, 0.4) is 0 Å². The van der Waals surface area contributed by atoms with E-state index in [1.165, 1.54) is 5.39 Å². The zero-order chi connectivity index (χ0) is 19.5. The summed E-state index contributed by atoms with van der Waals surface area (Å²) in [6.45, 7) is 3.67. The molecular weight excluding hydrogens is 356 g/mol. The largest absolute Gasteiger partial charge is 0.360 e. The highest BCUT2D eigenvalue weighted by Gasteiger charge is 2.27. The third-order valence-corrected chi connectivity index (χ3v) is 5.34. The van der Waals surface area contributed by atoms with Crippen LogP contribution in [0.4, 0.5) is 5.82 Å². The number of rotatable bonds is 5. The van der Waals surface area contributed by atoms with Crippen molar-refractivity contribution < 1.29 is 14.1 Å². The summed E-state index contributed by atoms with van der Waals surface area (Å²) in [5, 5.41) is 7.76. The first-order chi connectivity index (χ1) is 13.6. The molecule has 0 saturated carbocycles. The van der Waals surface area contributed by atoms with Gasteiger partial charge in [-0.3, -0.25) is 9.59 Å². The Morgan fingerprint density at radius 3 is 2.75 bits per heavy atom. The fourth-order valence-electron chi connectivity index (χ4n) is 3.75. The molecule has 1 fully saturated rings. The Hall–Kier alpha value is -3.09. The summed E-state index contributed by atoms with van der Waals surface area (Å²) in [5.74, 6) is 1.09. The third-order valence-electron chi connectivity index (χ3n) is 5.34. The van der Waals surface area contributed by atoms with Gasteiger partial charge in [-0.25, -0.2) is 0 Å². The van der Waals surface area contributed by atoms with Crippen LogP contribution in [0.15, 0.2) is 47.1 Å². The average molecular weight is 380 g/mol. The SMILES string of the molecule is Cc1cc(NC(=O)C2CCN(C(=O)CCn3ccc4ccccc43)CC2)no1. The maximum absolute atomic E-state index is 12.6. The number of aromatic nitrogens is 2. The molecule has 0 bridgehead atoms. The molecule has 0 unspecified atom stereocenters. The molecule has 0 radical (unpaired) electrons. The fraction of sp³-hybridized carbons (Fsp3) is 0.381. The summed E-state index contributed by atoms with van der Waals surface area (Å²) in [7, 11) is 0. The Morgan fingerprint density at radius 1 is 1.21 bits per heavy atom. The lowest BCUT2D eigenvalue weighted by atomic mass is 9.95. The van der Waals surface area contributed by atoms with Crippen LogP contribution in [0.1, 0.15) is 25.0 Å². The van der Waals surface area contributed by atoms with E-state index in [0.29, 0.717) is 50.5 Å². The molecular formula is C21H24N4O3. The first kappa shape index (κ1) is 18.3. The molecule has 146 valence electrons. The van der Waals surface area contributed by atoms with E-state index in [1.807, 2.05) is 23.2 Å². The predicted octanol–water partition coefficient (Wildman–Crippen LogP) is 3.21. The standard InChI is InChI=1S/C21H24N4O3/c1-15-14-19(23-28-15)22-21(27)17-7-11-25(12-8-17)20(26)9-13-24-10-6-16-4-2-3-5-18(16)24/h2-6,10,14,17H,7-9,11-13H2,1H3,(H,22,23,27). The average Bonchev–Trinajstić information content (AvgIpc) is 3.32. The van der Waals surface area contributed by atoms with E-state index in [4.69, 9.17) is 4.52 Å². The molecule has 0 spiro atoms. The number of piperidine rings is 1. The molecule has 0 atom stereocenters. The number of aryl methyl sites for hydroxylation is 2. The molecule has 4 rings (SSSR count). The molecule has 1 aliphatic rings. The highest BCUT2D eigenvalue weighted by Crippen LogP contribution is 2.21. The van der Waals surface area contributed by atoms with Gasteiger partial charge in [-0.2, -0.15) is 0 Å². The summed E-state index contributed by atoms with van der Waals surface area (Å²) in [4.78, 5) is 26.8. The predicted molar refractivity (Wildman–Crippen MR) is 106 cm³/mol. The topological polar surface area (TPSA) is 80.4 Å². The molecule has 1 N–H and O–H groups in total. The molecule has 2 amide bonds. The minimum Gasteiger partial charge on any atom is -0.360 e. The van der Waals surface area contributed by atoms with Crippen LogP contribution in [0.5, 0.6) is 0 Å². The van der Waals surface area contributed by atoms with Crippen LogP contribution in [-0.2, 0) is 16.1 Å². The molecule has 1 aliphatic heterocycles. The second kappa shape index (κ2) is 7.88. The molecule has 1 aromatic carbocycles. The number of hydrogen-bond acceptors (Lipinski definition) is 4. The van der Waals surface area contributed by atoms with Crippen molar-refractivity contribution in [3.63, 3.8) is 0 Å². The lowest BCUT2D eigenvalue weighted by Gasteiger charge is -2.31. The Labute approximate surface area is 163 Å². The van der Waals surface area contributed by atoms with Gasteiger partial charge in [0.25, 0.3) is 0 Å². The summed E-state index contributed by atoms with van der Waals surface area (Å²) in [5.41, 5.74) is 1.15. The fourth-order valence-corrected chi connectivity index (χ4v) is 3.75. The first-order valence-electron chi connectivity index (χ1n) is 9.66. The van der Waals surface area contributed by atoms with E-state index in [9.17, 15) is 9.59 Å². The molecule has 2 aromatic heterocycles. The number of para-hydroxylation sites is 1. The molecule has 3 aromatic rings. The Balaban J connectivity index is 1.26. The number of likely N-dealkylation sites (tertiary alicyclic amines) is 1. The number of nitrogens with zero attached hydrogens (tertiary/aromatic N) is 3. The summed E-state index contributed by atoms with van der Waals surface area (Å²) >= 11 is 0. The highest BCUT2D eigenvalue weighted by molar-refractivity contribution is 5.91. The minimum atomic E-state index is -0.102. The van der Waals surface area contributed by atoms with Crippen molar-refractivity contribution in [2.45, 2.75) is 32.7 Å². The van der Waals surface area contributed by atoms with E-state index < -0.39 is 0 Å².